The minimum absolute atomic E-state index is 0.172. The zero-order valence-corrected chi connectivity index (χ0v) is 14.9. The van der Waals surface area contributed by atoms with Crippen LogP contribution in [0.2, 0.25) is 0 Å². The fraction of sp³-hybridized carbons (Fsp3) is 0.364. The highest BCUT2D eigenvalue weighted by atomic mass is 16.5. The number of Topliss-reactive ketones (excluding diaryl/α,β-unsaturated/α-hetero) is 1. The van der Waals surface area contributed by atoms with Gasteiger partial charge in [-0.3, -0.25) is 4.79 Å². The van der Waals surface area contributed by atoms with Crippen molar-refractivity contribution in [1.29, 1.82) is 0 Å². The van der Waals surface area contributed by atoms with E-state index in [0.717, 1.165) is 25.7 Å². The van der Waals surface area contributed by atoms with E-state index in [9.17, 15) is 9.59 Å². The van der Waals surface area contributed by atoms with Crippen LogP contribution in [0.15, 0.2) is 42.5 Å². The number of ketones is 1. The molecule has 0 fully saturated rings. The van der Waals surface area contributed by atoms with Crippen LogP contribution in [0, 0.1) is 0 Å². The topological polar surface area (TPSA) is 43.4 Å². The van der Waals surface area contributed by atoms with Crippen molar-refractivity contribution < 1.29 is 14.3 Å². The number of hydrogen-bond donors (Lipinski definition) is 0. The van der Waals surface area contributed by atoms with Crippen molar-refractivity contribution in [3.05, 3.63) is 70.3 Å². The van der Waals surface area contributed by atoms with Gasteiger partial charge in [0.15, 0.2) is 6.10 Å². The number of esters is 1. The molecule has 0 aliphatic heterocycles. The highest BCUT2D eigenvalue weighted by Gasteiger charge is 2.21. The predicted molar refractivity (Wildman–Crippen MR) is 98.1 cm³/mol. The third-order valence-corrected chi connectivity index (χ3v) is 4.88. The van der Waals surface area contributed by atoms with Crippen molar-refractivity contribution in [3.63, 3.8) is 0 Å². The van der Waals surface area contributed by atoms with Gasteiger partial charge in [-0.1, -0.05) is 37.3 Å². The monoisotopic (exact) mass is 336 g/mol. The molecule has 0 N–H and O–H groups in total. The van der Waals surface area contributed by atoms with Gasteiger partial charge in [0.2, 0.25) is 5.78 Å². The predicted octanol–water partition coefficient (Wildman–Crippen LogP) is 4.56. The Morgan fingerprint density at radius 2 is 1.60 bits per heavy atom. The molecule has 3 nitrogen and oxygen atoms in total. The Balaban J connectivity index is 1.68. The molecule has 130 valence electrons. The second-order valence-corrected chi connectivity index (χ2v) is 6.65. The highest BCUT2D eigenvalue weighted by molar-refractivity contribution is 6.01. The molecule has 0 saturated heterocycles. The van der Waals surface area contributed by atoms with Gasteiger partial charge in [-0.2, -0.15) is 0 Å². The van der Waals surface area contributed by atoms with Gasteiger partial charge in [0.25, 0.3) is 0 Å². The van der Waals surface area contributed by atoms with Crippen molar-refractivity contribution in [3.8, 4) is 0 Å². The van der Waals surface area contributed by atoms with E-state index >= 15 is 0 Å². The number of ether oxygens (including phenoxy) is 1. The Morgan fingerprint density at radius 1 is 0.960 bits per heavy atom. The number of rotatable bonds is 5. The number of benzene rings is 2. The summed E-state index contributed by atoms with van der Waals surface area (Å²) < 4.78 is 5.41. The minimum Gasteiger partial charge on any atom is -0.451 e. The van der Waals surface area contributed by atoms with E-state index in [2.05, 4.69) is 6.92 Å². The van der Waals surface area contributed by atoms with Gasteiger partial charge in [0.1, 0.15) is 0 Å². The third kappa shape index (κ3) is 3.98. The summed E-state index contributed by atoms with van der Waals surface area (Å²) in [4.78, 5) is 24.9. The van der Waals surface area contributed by atoms with E-state index < -0.39 is 12.1 Å². The number of aryl methyl sites for hydroxylation is 3. The Morgan fingerprint density at radius 3 is 2.28 bits per heavy atom. The zero-order chi connectivity index (χ0) is 17.8. The van der Waals surface area contributed by atoms with Crippen molar-refractivity contribution in [1.82, 2.24) is 0 Å². The normalized spacial score (nSPS) is 14.5. The Hall–Kier alpha value is -2.42. The average Bonchev–Trinajstić information content (AvgIpc) is 2.67. The van der Waals surface area contributed by atoms with Crippen LogP contribution in [0.25, 0.3) is 0 Å². The lowest BCUT2D eigenvalue weighted by Gasteiger charge is -2.17. The Labute approximate surface area is 149 Å². The van der Waals surface area contributed by atoms with Gasteiger partial charge < -0.3 is 4.74 Å². The first kappa shape index (κ1) is 17.4. The largest absolute Gasteiger partial charge is 0.451 e. The van der Waals surface area contributed by atoms with Gasteiger partial charge in [-0.05, 0) is 67.9 Å². The maximum Gasteiger partial charge on any atom is 0.338 e. The fourth-order valence-corrected chi connectivity index (χ4v) is 3.28. The molecule has 0 spiro atoms. The fourth-order valence-electron chi connectivity index (χ4n) is 3.28. The van der Waals surface area contributed by atoms with Gasteiger partial charge in [-0.15, -0.1) is 0 Å². The van der Waals surface area contributed by atoms with Gasteiger partial charge in [-0.25, -0.2) is 4.79 Å². The molecule has 2 aromatic carbocycles. The molecular weight excluding hydrogens is 312 g/mol. The lowest BCUT2D eigenvalue weighted by molar-refractivity contribution is 0.0318. The van der Waals surface area contributed by atoms with E-state index in [1.807, 2.05) is 24.3 Å². The van der Waals surface area contributed by atoms with Crippen LogP contribution in [-0.2, 0) is 24.0 Å². The highest BCUT2D eigenvalue weighted by Crippen LogP contribution is 2.23. The SMILES string of the molecule is CCc1ccc(C(=O)[C@@H](C)OC(=O)c2ccc3c(c2)CCCC3)cc1. The Kier molecular flexibility index (Phi) is 5.32. The van der Waals surface area contributed by atoms with Crippen LogP contribution in [0.3, 0.4) is 0 Å². The first-order valence-electron chi connectivity index (χ1n) is 9.04. The summed E-state index contributed by atoms with van der Waals surface area (Å²) in [6, 6.07) is 13.2. The quantitative estimate of drug-likeness (QED) is 0.594. The maximum atomic E-state index is 12.5. The summed E-state index contributed by atoms with van der Waals surface area (Å²) in [7, 11) is 0. The van der Waals surface area contributed by atoms with E-state index in [4.69, 9.17) is 4.74 Å². The van der Waals surface area contributed by atoms with Crippen LogP contribution < -0.4 is 0 Å². The molecule has 3 heteroatoms. The lowest BCUT2D eigenvalue weighted by Crippen LogP contribution is -2.24. The molecule has 1 aliphatic carbocycles. The van der Waals surface area contributed by atoms with Crippen molar-refractivity contribution in [2.75, 3.05) is 0 Å². The van der Waals surface area contributed by atoms with E-state index in [1.165, 1.54) is 23.1 Å². The summed E-state index contributed by atoms with van der Waals surface area (Å²) in [5, 5.41) is 0. The van der Waals surface area contributed by atoms with Crippen LogP contribution >= 0.6 is 0 Å². The summed E-state index contributed by atoms with van der Waals surface area (Å²) in [5.41, 5.74) is 4.83. The number of fused-ring (bicyclic) bond motifs is 1. The molecule has 1 aliphatic rings. The number of carbonyl (C=O) groups excluding carboxylic acids is 2. The molecule has 0 aromatic heterocycles. The first-order valence-corrected chi connectivity index (χ1v) is 9.04. The standard InChI is InChI=1S/C22H24O3/c1-3-16-8-10-18(11-9-16)21(23)15(2)25-22(24)20-13-12-17-6-4-5-7-19(17)14-20/h8-15H,3-7H2,1-2H3/t15-/m1/s1. The molecule has 0 heterocycles. The molecule has 0 unspecified atom stereocenters. The van der Waals surface area contributed by atoms with E-state index in [0.29, 0.717) is 11.1 Å². The first-order chi connectivity index (χ1) is 12.1. The van der Waals surface area contributed by atoms with Crippen LogP contribution in [0.5, 0.6) is 0 Å². The van der Waals surface area contributed by atoms with Crippen molar-refractivity contribution >= 4 is 11.8 Å². The zero-order valence-electron chi connectivity index (χ0n) is 14.9. The molecule has 3 rings (SSSR count). The second-order valence-electron chi connectivity index (χ2n) is 6.65. The number of carbonyl (C=O) groups is 2. The molecular formula is C22H24O3. The molecule has 2 aromatic rings. The molecule has 0 saturated carbocycles. The molecule has 0 amide bonds. The second kappa shape index (κ2) is 7.64. The summed E-state index contributed by atoms with van der Waals surface area (Å²) in [6.07, 6.45) is 4.59. The smallest absolute Gasteiger partial charge is 0.338 e. The van der Waals surface area contributed by atoms with Crippen LogP contribution in [0.4, 0.5) is 0 Å². The molecule has 25 heavy (non-hydrogen) atoms. The lowest BCUT2D eigenvalue weighted by atomic mass is 9.90. The van der Waals surface area contributed by atoms with E-state index in [1.54, 1.807) is 25.1 Å². The third-order valence-electron chi connectivity index (χ3n) is 4.88. The minimum atomic E-state index is -0.795. The van der Waals surface area contributed by atoms with Crippen molar-refractivity contribution in [2.45, 2.75) is 52.1 Å². The summed E-state index contributed by atoms with van der Waals surface area (Å²) in [5.74, 6) is -0.603. The summed E-state index contributed by atoms with van der Waals surface area (Å²) in [6.45, 7) is 3.70. The molecule has 0 radical (unpaired) electrons. The van der Waals surface area contributed by atoms with Gasteiger partial charge >= 0.3 is 5.97 Å². The summed E-state index contributed by atoms with van der Waals surface area (Å²) >= 11 is 0. The van der Waals surface area contributed by atoms with Gasteiger partial charge in [0, 0.05) is 5.56 Å². The van der Waals surface area contributed by atoms with Crippen molar-refractivity contribution in [2.24, 2.45) is 0 Å². The molecule has 0 bridgehead atoms. The van der Waals surface area contributed by atoms with Crippen LogP contribution in [-0.4, -0.2) is 17.9 Å². The average molecular weight is 336 g/mol. The molecule has 1 atom stereocenters. The van der Waals surface area contributed by atoms with E-state index in [-0.39, 0.29) is 5.78 Å². The van der Waals surface area contributed by atoms with Gasteiger partial charge in [0.05, 0.1) is 5.56 Å². The number of hydrogen-bond acceptors (Lipinski definition) is 3. The Bertz CT molecular complexity index is 774. The van der Waals surface area contributed by atoms with Crippen LogP contribution in [0.1, 0.15) is 64.1 Å². The maximum absolute atomic E-state index is 12.5.